The van der Waals surface area contributed by atoms with E-state index in [1.807, 2.05) is 6.07 Å². The standard InChI is InChI=1S/C55H36N4/c1-4-18-37(19-5-1)43-25-12-13-29-48(43)55-57-53(56-54(58-55)42-34-40-24-10-11-26-44(40)49(35-42)39-22-8-3-9-23-39)41-32-33-45(38-20-6-2-7-21-38)52(36-41)59-50-30-16-14-27-46(50)47-28-15-17-31-51(47)59/h1-36H. The first-order valence-electron chi connectivity index (χ1n) is 19.9. The lowest BCUT2D eigenvalue weighted by atomic mass is 9.95. The molecule has 0 aliphatic rings. The molecule has 0 saturated heterocycles. The summed E-state index contributed by atoms with van der Waals surface area (Å²) in [5.41, 5.74) is 12.8. The van der Waals surface area contributed by atoms with Gasteiger partial charge in [-0.2, -0.15) is 0 Å². The highest BCUT2D eigenvalue weighted by atomic mass is 15.0. The van der Waals surface area contributed by atoms with E-state index in [2.05, 4.69) is 217 Å². The van der Waals surface area contributed by atoms with E-state index >= 15 is 0 Å². The van der Waals surface area contributed by atoms with Crippen molar-refractivity contribution in [2.24, 2.45) is 0 Å². The summed E-state index contributed by atoms with van der Waals surface area (Å²) in [6, 6.07) is 76.9. The molecule has 0 unspecified atom stereocenters. The van der Waals surface area contributed by atoms with Crippen LogP contribution in [0, 0.1) is 0 Å². The van der Waals surface area contributed by atoms with Gasteiger partial charge >= 0.3 is 0 Å². The van der Waals surface area contributed by atoms with E-state index in [0.29, 0.717) is 17.5 Å². The van der Waals surface area contributed by atoms with Crippen molar-refractivity contribution in [2.75, 3.05) is 0 Å². The summed E-state index contributed by atoms with van der Waals surface area (Å²) >= 11 is 0. The van der Waals surface area contributed by atoms with Crippen LogP contribution >= 0.6 is 0 Å². The molecule has 0 N–H and O–H groups in total. The van der Waals surface area contributed by atoms with Crippen LogP contribution in [0.1, 0.15) is 0 Å². The smallest absolute Gasteiger partial charge is 0.164 e. The molecule has 276 valence electrons. The third kappa shape index (κ3) is 6.15. The molecule has 4 nitrogen and oxygen atoms in total. The van der Waals surface area contributed by atoms with Gasteiger partial charge in [0.05, 0.1) is 16.7 Å². The van der Waals surface area contributed by atoms with Crippen molar-refractivity contribution in [3.63, 3.8) is 0 Å². The van der Waals surface area contributed by atoms with Crippen LogP contribution < -0.4 is 0 Å². The molecule has 11 rings (SSSR count). The molecule has 9 aromatic carbocycles. The van der Waals surface area contributed by atoms with Gasteiger partial charge in [-0.15, -0.1) is 0 Å². The fraction of sp³-hybridized carbons (Fsp3) is 0. The third-order valence-electron chi connectivity index (χ3n) is 11.3. The Morgan fingerprint density at radius 1 is 0.271 bits per heavy atom. The number of rotatable bonds is 7. The summed E-state index contributed by atoms with van der Waals surface area (Å²) in [7, 11) is 0. The van der Waals surface area contributed by atoms with Gasteiger partial charge in [0, 0.05) is 33.0 Å². The van der Waals surface area contributed by atoms with Crippen molar-refractivity contribution in [1.82, 2.24) is 19.5 Å². The number of aromatic nitrogens is 4. The Balaban J connectivity index is 1.19. The maximum atomic E-state index is 5.36. The van der Waals surface area contributed by atoms with E-state index in [1.165, 1.54) is 16.2 Å². The van der Waals surface area contributed by atoms with Crippen molar-refractivity contribution >= 4 is 32.6 Å². The number of hydrogen-bond acceptors (Lipinski definition) is 3. The van der Waals surface area contributed by atoms with Crippen LogP contribution in [-0.4, -0.2) is 19.5 Å². The number of hydrogen-bond donors (Lipinski definition) is 0. The molecule has 2 heterocycles. The van der Waals surface area contributed by atoms with Gasteiger partial charge in [-0.05, 0) is 68.9 Å². The average molecular weight is 753 g/mol. The van der Waals surface area contributed by atoms with Gasteiger partial charge < -0.3 is 4.57 Å². The van der Waals surface area contributed by atoms with Crippen LogP contribution in [0.25, 0.3) is 106 Å². The van der Waals surface area contributed by atoms with Crippen molar-refractivity contribution in [2.45, 2.75) is 0 Å². The Morgan fingerprint density at radius 2 is 0.746 bits per heavy atom. The summed E-state index contributed by atoms with van der Waals surface area (Å²) in [5.74, 6) is 1.83. The lowest BCUT2D eigenvalue weighted by molar-refractivity contribution is 1.07. The molecule has 0 fully saturated rings. The van der Waals surface area contributed by atoms with Crippen molar-refractivity contribution in [3.05, 3.63) is 218 Å². The van der Waals surface area contributed by atoms with Crippen molar-refractivity contribution < 1.29 is 0 Å². The second-order valence-corrected chi connectivity index (χ2v) is 14.8. The fourth-order valence-electron chi connectivity index (χ4n) is 8.50. The molecule has 4 heteroatoms. The van der Waals surface area contributed by atoms with E-state index in [0.717, 1.165) is 72.2 Å². The molecule has 0 aliphatic carbocycles. The second kappa shape index (κ2) is 14.5. The Kier molecular flexibility index (Phi) is 8.45. The zero-order valence-electron chi connectivity index (χ0n) is 32.1. The first kappa shape index (κ1) is 34.3. The van der Waals surface area contributed by atoms with Crippen molar-refractivity contribution in [3.8, 4) is 73.2 Å². The van der Waals surface area contributed by atoms with Gasteiger partial charge in [0.1, 0.15) is 0 Å². The van der Waals surface area contributed by atoms with Crippen LogP contribution in [0.4, 0.5) is 0 Å². The molecule has 2 aromatic heterocycles. The van der Waals surface area contributed by atoms with Crippen LogP contribution in [-0.2, 0) is 0 Å². The molecule has 11 aromatic rings. The molecule has 0 radical (unpaired) electrons. The predicted molar refractivity (Wildman–Crippen MR) is 244 cm³/mol. The quantitative estimate of drug-likeness (QED) is 0.163. The minimum atomic E-state index is 0.601. The molecular formula is C55H36N4. The summed E-state index contributed by atoms with van der Waals surface area (Å²) in [4.78, 5) is 16.0. The highest BCUT2D eigenvalue weighted by Crippen LogP contribution is 2.40. The fourth-order valence-corrected chi connectivity index (χ4v) is 8.50. The zero-order valence-corrected chi connectivity index (χ0v) is 32.1. The van der Waals surface area contributed by atoms with Crippen LogP contribution in [0.5, 0.6) is 0 Å². The van der Waals surface area contributed by atoms with Crippen LogP contribution in [0.3, 0.4) is 0 Å². The zero-order chi connectivity index (χ0) is 39.1. The molecular weight excluding hydrogens is 717 g/mol. The molecule has 0 saturated carbocycles. The highest BCUT2D eigenvalue weighted by molar-refractivity contribution is 6.10. The lowest BCUT2D eigenvalue weighted by Gasteiger charge is -2.17. The van der Waals surface area contributed by atoms with Gasteiger partial charge in [-0.1, -0.05) is 188 Å². The minimum Gasteiger partial charge on any atom is -0.309 e. The minimum absolute atomic E-state index is 0.601. The SMILES string of the molecule is c1ccc(-c2ccccc2-c2nc(-c3ccc(-c4ccccc4)c(-n4c5ccccc5c5ccccc54)c3)nc(-c3cc(-c4ccccc4)c4ccccc4c3)n2)cc1. The van der Waals surface area contributed by atoms with E-state index in [4.69, 9.17) is 15.0 Å². The van der Waals surface area contributed by atoms with E-state index in [1.54, 1.807) is 0 Å². The maximum absolute atomic E-state index is 5.36. The van der Waals surface area contributed by atoms with Gasteiger partial charge in [-0.25, -0.2) is 15.0 Å². The number of para-hydroxylation sites is 2. The second-order valence-electron chi connectivity index (χ2n) is 14.8. The number of fused-ring (bicyclic) bond motifs is 4. The first-order valence-corrected chi connectivity index (χ1v) is 19.9. The van der Waals surface area contributed by atoms with Crippen LogP contribution in [0.2, 0.25) is 0 Å². The molecule has 0 spiro atoms. The predicted octanol–water partition coefficient (Wildman–Crippen LogP) is 14.1. The summed E-state index contributed by atoms with van der Waals surface area (Å²) in [5, 5.41) is 4.72. The molecule has 0 aliphatic heterocycles. The van der Waals surface area contributed by atoms with Gasteiger partial charge in [0.15, 0.2) is 17.5 Å². The lowest BCUT2D eigenvalue weighted by Crippen LogP contribution is -2.03. The summed E-state index contributed by atoms with van der Waals surface area (Å²) in [6.45, 7) is 0. The Morgan fingerprint density at radius 3 is 1.39 bits per heavy atom. The topological polar surface area (TPSA) is 43.6 Å². The Bertz CT molecular complexity index is 3260. The largest absolute Gasteiger partial charge is 0.309 e. The Labute approximate surface area is 342 Å². The molecule has 0 bridgehead atoms. The van der Waals surface area contributed by atoms with E-state index in [-0.39, 0.29) is 0 Å². The van der Waals surface area contributed by atoms with E-state index in [9.17, 15) is 0 Å². The van der Waals surface area contributed by atoms with Crippen LogP contribution in [0.15, 0.2) is 218 Å². The summed E-state index contributed by atoms with van der Waals surface area (Å²) in [6.07, 6.45) is 0. The molecule has 0 amide bonds. The molecule has 0 atom stereocenters. The van der Waals surface area contributed by atoms with Gasteiger partial charge in [0.2, 0.25) is 0 Å². The highest BCUT2D eigenvalue weighted by Gasteiger charge is 2.20. The number of nitrogens with zero attached hydrogens (tertiary/aromatic N) is 4. The monoisotopic (exact) mass is 752 g/mol. The summed E-state index contributed by atoms with van der Waals surface area (Å²) < 4.78 is 2.39. The third-order valence-corrected chi connectivity index (χ3v) is 11.3. The van der Waals surface area contributed by atoms with Gasteiger partial charge in [-0.3, -0.25) is 0 Å². The van der Waals surface area contributed by atoms with Crippen molar-refractivity contribution in [1.29, 1.82) is 0 Å². The first-order chi connectivity index (χ1) is 29.3. The normalized spacial score (nSPS) is 11.4. The van der Waals surface area contributed by atoms with E-state index < -0.39 is 0 Å². The van der Waals surface area contributed by atoms with Gasteiger partial charge in [0.25, 0.3) is 0 Å². The average Bonchev–Trinajstić information content (AvgIpc) is 3.66. The Hall–Kier alpha value is -7.95. The molecule has 59 heavy (non-hydrogen) atoms. The number of benzene rings is 9. The maximum Gasteiger partial charge on any atom is 0.164 e.